The predicted octanol–water partition coefficient (Wildman–Crippen LogP) is 2.84. The molecule has 0 saturated heterocycles. The minimum Gasteiger partial charge on any atom is -0.467 e. The molecule has 0 amide bonds. The third-order valence-electron chi connectivity index (χ3n) is 2.61. The second-order valence-corrected chi connectivity index (χ2v) is 7.88. The summed E-state index contributed by atoms with van der Waals surface area (Å²) in [6.45, 7) is 7.40. The van der Waals surface area contributed by atoms with Crippen LogP contribution in [-0.4, -0.2) is 31.9 Å². The van der Waals surface area contributed by atoms with Gasteiger partial charge >= 0.3 is 6.18 Å². The van der Waals surface area contributed by atoms with Crippen LogP contribution in [0.25, 0.3) is 0 Å². The lowest BCUT2D eigenvalue weighted by molar-refractivity contribution is -0.154. The highest BCUT2D eigenvalue weighted by Crippen LogP contribution is 2.22. The Bertz CT molecular complexity index is 544. The molecule has 22 heavy (non-hydrogen) atoms. The first-order valence-corrected chi connectivity index (χ1v) is 7.77. The molecule has 9 heteroatoms. The number of alkyl halides is 3. The Balaban J connectivity index is 2.78. The maximum absolute atomic E-state index is 12.1. The first kappa shape index (κ1) is 18.8. The van der Waals surface area contributed by atoms with Crippen LogP contribution in [-0.2, 0) is 11.0 Å². The van der Waals surface area contributed by atoms with Gasteiger partial charge in [-0.1, -0.05) is 0 Å². The number of ether oxygens (including phenoxy) is 1. The van der Waals surface area contributed by atoms with E-state index in [0.29, 0.717) is 11.3 Å². The molecule has 0 aromatic carbocycles. The molecule has 2 atom stereocenters. The van der Waals surface area contributed by atoms with Crippen molar-refractivity contribution in [3.05, 3.63) is 17.3 Å². The number of halogens is 3. The third-order valence-corrected chi connectivity index (χ3v) is 4.29. The molecule has 1 aromatic heterocycles. The summed E-state index contributed by atoms with van der Waals surface area (Å²) in [4.78, 5) is 0. The average Bonchev–Trinajstić information content (AvgIpc) is 2.34. The number of nitrogens with one attached hydrogen (secondary N) is 1. The van der Waals surface area contributed by atoms with Crippen molar-refractivity contribution in [2.75, 3.05) is 6.61 Å². The zero-order valence-electron chi connectivity index (χ0n) is 13.1. The van der Waals surface area contributed by atoms with Gasteiger partial charge in [-0.15, -0.1) is 5.10 Å². The fourth-order valence-electron chi connectivity index (χ4n) is 1.40. The maximum Gasteiger partial charge on any atom is 0.422 e. The van der Waals surface area contributed by atoms with Crippen molar-refractivity contribution >= 4 is 11.0 Å². The van der Waals surface area contributed by atoms with Crippen LogP contribution in [0.3, 0.4) is 0 Å². The van der Waals surface area contributed by atoms with E-state index in [4.69, 9.17) is 0 Å². The highest BCUT2D eigenvalue weighted by Gasteiger charge is 2.29. The van der Waals surface area contributed by atoms with Crippen molar-refractivity contribution < 1.29 is 22.1 Å². The number of aryl methyl sites for hydroxylation is 1. The first-order valence-electron chi connectivity index (χ1n) is 6.62. The van der Waals surface area contributed by atoms with Crippen molar-refractivity contribution in [1.29, 1.82) is 0 Å². The number of rotatable bonds is 5. The Morgan fingerprint density at radius 1 is 1.32 bits per heavy atom. The van der Waals surface area contributed by atoms with Gasteiger partial charge in [0.2, 0.25) is 5.88 Å². The molecule has 126 valence electrons. The van der Waals surface area contributed by atoms with Crippen LogP contribution in [0.1, 0.15) is 45.0 Å². The molecule has 0 aliphatic rings. The molecule has 0 radical (unpaired) electrons. The minimum atomic E-state index is -4.43. The fourth-order valence-corrected chi connectivity index (χ4v) is 2.19. The van der Waals surface area contributed by atoms with Crippen molar-refractivity contribution in [2.45, 2.75) is 51.6 Å². The number of aromatic nitrogens is 2. The van der Waals surface area contributed by atoms with Gasteiger partial charge < -0.3 is 4.74 Å². The lowest BCUT2D eigenvalue weighted by atomic mass is 10.2. The van der Waals surface area contributed by atoms with Gasteiger partial charge in [0.25, 0.3) is 0 Å². The molecule has 0 aliphatic heterocycles. The van der Waals surface area contributed by atoms with Gasteiger partial charge in [-0.25, -0.2) is 8.93 Å². The van der Waals surface area contributed by atoms with Crippen molar-refractivity contribution in [3.63, 3.8) is 0 Å². The highest BCUT2D eigenvalue weighted by molar-refractivity contribution is 7.84. The van der Waals surface area contributed by atoms with E-state index in [-0.39, 0.29) is 11.9 Å². The topological polar surface area (TPSA) is 64.1 Å². The van der Waals surface area contributed by atoms with E-state index in [0.717, 1.165) is 0 Å². The second kappa shape index (κ2) is 6.91. The first-order chi connectivity index (χ1) is 9.90. The average molecular weight is 339 g/mol. The SMILES string of the molecule is Cc1cc(C(C)NS(=O)C(C)(C)C)nnc1OCC(F)(F)F. The lowest BCUT2D eigenvalue weighted by Crippen LogP contribution is -2.35. The van der Waals surface area contributed by atoms with Crippen LogP contribution < -0.4 is 9.46 Å². The molecule has 0 bridgehead atoms. The minimum absolute atomic E-state index is 0.162. The zero-order valence-corrected chi connectivity index (χ0v) is 13.9. The largest absolute Gasteiger partial charge is 0.467 e. The van der Waals surface area contributed by atoms with E-state index < -0.39 is 28.5 Å². The van der Waals surface area contributed by atoms with Gasteiger partial charge in [-0.05, 0) is 40.7 Å². The van der Waals surface area contributed by atoms with Crippen LogP contribution in [0, 0.1) is 6.92 Å². The van der Waals surface area contributed by atoms with E-state index in [1.54, 1.807) is 19.9 Å². The van der Waals surface area contributed by atoms with Gasteiger partial charge in [0.05, 0.1) is 27.5 Å². The van der Waals surface area contributed by atoms with Gasteiger partial charge in [-0.2, -0.15) is 18.3 Å². The van der Waals surface area contributed by atoms with Crippen LogP contribution in [0.15, 0.2) is 6.07 Å². The summed E-state index contributed by atoms with van der Waals surface area (Å²) >= 11 is 0. The third kappa shape index (κ3) is 5.88. The van der Waals surface area contributed by atoms with Crippen molar-refractivity contribution in [2.24, 2.45) is 0 Å². The number of hydrogen-bond donors (Lipinski definition) is 1. The Hall–Kier alpha value is -1.22. The van der Waals surface area contributed by atoms with E-state index in [9.17, 15) is 17.4 Å². The molecule has 1 rings (SSSR count). The van der Waals surface area contributed by atoms with E-state index in [2.05, 4.69) is 19.7 Å². The second-order valence-electron chi connectivity index (χ2n) is 5.88. The summed E-state index contributed by atoms with van der Waals surface area (Å²) in [5.74, 6) is -0.162. The van der Waals surface area contributed by atoms with Crippen LogP contribution in [0.5, 0.6) is 5.88 Å². The summed E-state index contributed by atoms with van der Waals surface area (Å²) in [5, 5.41) is 7.50. The molecule has 5 nitrogen and oxygen atoms in total. The van der Waals surface area contributed by atoms with Crippen LogP contribution >= 0.6 is 0 Å². The standard InChI is InChI=1S/C13H20F3N3O2S/c1-8-6-10(9(2)19-22(20)12(3,4)5)17-18-11(8)21-7-13(14,15)16/h6,9,19H,7H2,1-5H3. The van der Waals surface area contributed by atoms with Gasteiger partial charge in [-0.3, -0.25) is 0 Å². The molecule has 0 aliphatic carbocycles. The van der Waals surface area contributed by atoms with Crippen LogP contribution in [0.4, 0.5) is 13.2 Å². The Labute approximate surface area is 130 Å². The van der Waals surface area contributed by atoms with Gasteiger partial charge in [0.15, 0.2) is 6.61 Å². The Morgan fingerprint density at radius 2 is 1.91 bits per heavy atom. The number of nitrogens with zero attached hydrogens (tertiary/aromatic N) is 2. The molecular formula is C13H20F3N3O2S. The van der Waals surface area contributed by atoms with E-state index in [1.165, 1.54) is 0 Å². The quantitative estimate of drug-likeness (QED) is 0.896. The maximum atomic E-state index is 12.1. The molecule has 1 heterocycles. The molecule has 2 unspecified atom stereocenters. The molecule has 0 fully saturated rings. The molecule has 0 spiro atoms. The summed E-state index contributed by atoms with van der Waals surface area (Å²) in [6, 6.07) is 1.21. The summed E-state index contributed by atoms with van der Waals surface area (Å²) in [7, 11) is -1.29. The Morgan fingerprint density at radius 3 is 2.36 bits per heavy atom. The fraction of sp³-hybridized carbons (Fsp3) is 0.692. The number of hydrogen-bond acceptors (Lipinski definition) is 4. The molecule has 0 saturated carbocycles. The lowest BCUT2D eigenvalue weighted by Gasteiger charge is -2.21. The van der Waals surface area contributed by atoms with Crippen molar-refractivity contribution in [3.8, 4) is 5.88 Å². The van der Waals surface area contributed by atoms with E-state index in [1.807, 2.05) is 20.8 Å². The molecule has 1 N–H and O–H groups in total. The van der Waals surface area contributed by atoms with Gasteiger partial charge in [0, 0.05) is 5.56 Å². The summed E-state index contributed by atoms with van der Waals surface area (Å²) in [5.41, 5.74) is 0.916. The van der Waals surface area contributed by atoms with Crippen LogP contribution in [0.2, 0.25) is 0 Å². The zero-order chi connectivity index (χ0) is 17.1. The Kier molecular flexibility index (Phi) is 5.91. The normalized spacial score (nSPS) is 15.5. The summed E-state index contributed by atoms with van der Waals surface area (Å²) in [6.07, 6.45) is -4.43. The van der Waals surface area contributed by atoms with Gasteiger partial charge in [0.1, 0.15) is 0 Å². The van der Waals surface area contributed by atoms with E-state index >= 15 is 0 Å². The molecular weight excluding hydrogens is 319 g/mol. The smallest absolute Gasteiger partial charge is 0.422 e. The summed E-state index contributed by atoms with van der Waals surface area (Å²) < 4.78 is 55.4. The monoisotopic (exact) mass is 339 g/mol. The predicted molar refractivity (Wildman–Crippen MR) is 77.8 cm³/mol. The molecule has 1 aromatic rings. The highest BCUT2D eigenvalue weighted by atomic mass is 32.2. The van der Waals surface area contributed by atoms with Crippen molar-refractivity contribution in [1.82, 2.24) is 14.9 Å².